The second-order valence-electron chi connectivity index (χ2n) is 6.45. The first-order valence-corrected chi connectivity index (χ1v) is 9.76. The number of phenols is 1. The molecule has 0 aliphatic heterocycles. The third-order valence-corrected chi connectivity index (χ3v) is 4.18. The standard InChI is InChI=1S/C23H29NO4/c1-2-27-23(26)13-9-4-3-8-12-22(20-10-6-5-7-11-20)24-28-18-19-14-16-21(25)17-15-19/h5-7,10-12,14-17,24-25H,2-4,8-9,13,18H2,1H3. The molecule has 0 aliphatic carbocycles. The fourth-order valence-electron chi connectivity index (χ4n) is 2.70. The van der Waals surface area contributed by atoms with E-state index in [1.807, 2.05) is 49.4 Å². The van der Waals surface area contributed by atoms with E-state index in [1.165, 1.54) is 0 Å². The lowest BCUT2D eigenvalue weighted by Crippen LogP contribution is -2.13. The largest absolute Gasteiger partial charge is 0.508 e. The number of ether oxygens (including phenoxy) is 1. The number of aromatic hydroxyl groups is 1. The number of unbranched alkanes of at least 4 members (excludes halogenated alkanes) is 3. The lowest BCUT2D eigenvalue weighted by Gasteiger charge is -2.12. The van der Waals surface area contributed by atoms with Crippen molar-refractivity contribution in [3.8, 4) is 5.75 Å². The minimum atomic E-state index is -0.118. The molecule has 0 spiro atoms. The van der Waals surface area contributed by atoms with Crippen molar-refractivity contribution in [3.63, 3.8) is 0 Å². The first kappa shape index (κ1) is 21.5. The summed E-state index contributed by atoms with van der Waals surface area (Å²) in [7, 11) is 0. The smallest absolute Gasteiger partial charge is 0.305 e. The molecule has 2 N–H and O–H groups in total. The summed E-state index contributed by atoms with van der Waals surface area (Å²) < 4.78 is 4.94. The summed E-state index contributed by atoms with van der Waals surface area (Å²) in [5.74, 6) is 0.122. The van der Waals surface area contributed by atoms with Crippen LogP contribution in [0.15, 0.2) is 60.7 Å². The Balaban J connectivity index is 1.81. The maximum absolute atomic E-state index is 11.3. The number of carbonyl (C=O) groups is 1. The van der Waals surface area contributed by atoms with E-state index in [0.717, 1.165) is 42.5 Å². The van der Waals surface area contributed by atoms with Gasteiger partial charge >= 0.3 is 5.97 Å². The number of carbonyl (C=O) groups excluding carboxylic acids is 1. The number of hydroxylamine groups is 1. The van der Waals surface area contributed by atoms with Gasteiger partial charge in [-0.25, -0.2) is 0 Å². The van der Waals surface area contributed by atoms with E-state index in [-0.39, 0.29) is 11.7 Å². The average molecular weight is 383 g/mol. The highest BCUT2D eigenvalue weighted by molar-refractivity contribution is 5.69. The van der Waals surface area contributed by atoms with Crippen molar-refractivity contribution in [3.05, 3.63) is 71.8 Å². The SMILES string of the molecule is CCOC(=O)CCCCCC=C(NOCc1ccc(O)cc1)c1ccccc1. The molecule has 0 saturated carbocycles. The van der Waals surface area contributed by atoms with Gasteiger partial charge in [-0.2, -0.15) is 0 Å². The van der Waals surface area contributed by atoms with Crippen molar-refractivity contribution in [1.82, 2.24) is 5.48 Å². The average Bonchev–Trinajstić information content (AvgIpc) is 2.71. The predicted molar refractivity (Wildman–Crippen MR) is 110 cm³/mol. The molecular weight excluding hydrogens is 354 g/mol. The Hall–Kier alpha value is -2.79. The number of esters is 1. The lowest BCUT2D eigenvalue weighted by molar-refractivity contribution is -0.143. The van der Waals surface area contributed by atoms with Gasteiger partial charge in [-0.05, 0) is 49.4 Å². The van der Waals surface area contributed by atoms with Gasteiger partial charge in [0.2, 0.25) is 0 Å². The van der Waals surface area contributed by atoms with E-state index in [0.29, 0.717) is 19.6 Å². The van der Waals surface area contributed by atoms with E-state index < -0.39 is 0 Å². The van der Waals surface area contributed by atoms with Gasteiger partial charge in [-0.3, -0.25) is 15.1 Å². The molecule has 0 aliphatic rings. The normalized spacial score (nSPS) is 11.2. The van der Waals surface area contributed by atoms with Crippen LogP contribution in [0.4, 0.5) is 0 Å². The molecule has 0 fully saturated rings. The molecule has 5 heteroatoms. The summed E-state index contributed by atoms with van der Waals surface area (Å²) in [6.45, 7) is 2.66. The highest BCUT2D eigenvalue weighted by Gasteiger charge is 2.03. The monoisotopic (exact) mass is 383 g/mol. The summed E-state index contributed by atoms with van der Waals surface area (Å²) >= 11 is 0. The Morgan fingerprint density at radius 2 is 1.79 bits per heavy atom. The van der Waals surface area contributed by atoms with Crippen molar-refractivity contribution in [2.24, 2.45) is 0 Å². The molecule has 0 heterocycles. The van der Waals surface area contributed by atoms with Crippen LogP contribution < -0.4 is 5.48 Å². The van der Waals surface area contributed by atoms with Crippen molar-refractivity contribution in [2.45, 2.75) is 45.6 Å². The van der Waals surface area contributed by atoms with Crippen LogP contribution in [0, 0.1) is 0 Å². The lowest BCUT2D eigenvalue weighted by atomic mass is 10.1. The third-order valence-electron chi connectivity index (χ3n) is 4.18. The number of allylic oxidation sites excluding steroid dienone is 1. The second kappa shape index (κ2) is 12.6. The number of benzene rings is 2. The molecule has 0 bridgehead atoms. The topological polar surface area (TPSA) is 67.8 Å². The van der Waals surface area contributed by atoms with E-state index in [2.05, 4.69) is 11.6 Å². The molecule has 0 aromatic heterocycles. The first-order chi connectivity index (χ1) is 13.7. The Morgan fingerprint density at radius 1 is 1.04 bits per heavy atom. The van der Waals surface area contributed by atoms with Crippen LogP contribution in [0.3, 0.4) is 0 Å². The fraction of sp³-hybridized carbons (Fsp3) is 0.348. The quantitative estimate of drug-likeness (QED) is 0.308. The minimum absolute atomic E-state index is 0.118. The van der Waals surface area contributed by atoms with Crippen LogP contribution in [0.5, 0.6) is 5.75 Å². The molecule has 0 saturated heterocycles. The van der Waals surface area contributed by atoms with Crippen molar-refractivity contribution in [1.29, 1.82) is 0 Å². The Bertz CT molecular complexity index is 726. The van der Waals surface area contributed by atoms with E-state index in [9.17, 15) is 9.90 Å². The van der Waals surface area contributed by atoms with Gasteiger partial charge in [0.05, 0.1) is 18.9 Å². The van der Waals surface area contributed by atoms with Gasteiger partial charge < -0.3 is 9.84 Å². The molecular formula is C23H29NO4. The molecule has 2 rings (SSSR count). The van der Waals surface area contributed by atoms with Crippen LogP contribution >= 0.6 is 0 Å². The highest BCUT2D eigenvalue weighted by atomic mass is 16.6. The van der Waals surface area contributed by atoms with E-state index in [1.54, 1.807) is 12.1 Å². The van der Waals surface area contributed by atoms with Crippen molar-refractivity contribution in [2.75, 3.05) is 6.61 Å². The Labute approximate surface area is 167 Å². The van der Waals surface area contributed by atoms with Crippen molar-refractivity contribution >= 4 is 11.7 Å². The fourth-order valence-corrected chi connectivity index (χ4v) is 2.70. The zero-order chi connectivity index (χ0) is 20.0. The number of hydrogen-bond acceptors (Lipinski definition) is 5. The number of nitrogens with one attached hydrogen (secondary N) is 1. The van der Waals surface area contributed by atoms with Crippen molar-refractivity contribution < 1.29 is 19.5 Å². The van der Waals surface area contributed by atoms with Crippen LogP contribution in [0.1, 0.15) is 50.2 Å². The Morgan fingerprint density at radius 3 is 2.50 bits per heavy atom. The number of hydrogen-bond donors (Lipinski definition) is 2. The molecule has 5 nitrogen and oxygen atoms in total. The van der Waals surface area contributed by atoms with E-state index >= 15 is 0 Å². The summed E-state index contributed by atoms with van der Waals surface area (Å²) in [6.07, 6.45) is 6.31. The second-order valence-corrected chi connectivity index (χ2v) is 6.45. The molecule has 0 amide bonds. The minimum Gasteiger partial charge on any atom is -0.508 e. The summed E-state index contributed by atoms with van der Waals surface area (Å²) in [4.78, 5) is 17.0. The molecule has 0 unspecified atom stereocenters. The zero-order valence-corrected chi connectivity index (χ0v) is 16.4. The maximum Gasteiger partial charge on any atom is 0.305 e. The van der Waals surface area contributed by atoms with Crippen LogP contribution in [0.2, 0.25) is 0 Å². The van der Waals surface area contributed by atoms with Gasteiger partial charge in [0, 0.05) is 6.42 Å². The van der Waals surface area contributed by atoms with Crippen LogP contribution in [0.25, 0.3) is 5.70 Å². The predicted octanol–water partition coefficient (Wildman–Crippen LogP) is 4.97. The summed E-state index contributed by atoms with van der Waals surface area (Å²) in [6, 6.07) is 17.0. The Kier molecular flexibility index (Phi) is 9.66. The highest BCUT2D eigenvalue weighted by Crippen LogP contribution is 2.15. The number of rotatable bonds is 12. The summed E-state index contributed by atoms with van der Waals surface area (Å²) in [5, 5.41) is 9.34. The van der Waals surface area contributed by atoms with E-state index in [4.69, 9.17) is 9.57 Å². The van der Waals surface area contributed by atoms with Gasteiger partial charge in [-0.15, -0.1) is 0 Å². The third kappa shape index (κ3) is 8.27. The summed E-state index contributed by atoms with van der Waals surface area (Å²) in [5.41, 5.74) is 6.00. The van der Waals surface area contributed by atoms with Gasteiger partial charge in [0.15, 0.2) is 0 Å². The maximum atomic E-state index is 11.3. The van der Waals surface area contributed by atoms with Gasteiger partial charge in [-0.1, -0.05) is 55.0 Å². The number of phenolic OH excluding ortho intramolecular Hbond substituents is 1. The molecule has 28 heavy (non-hydrogen) atoms. The molecule has 2 aromatic rings. The van der Waals surface area contributed by atoms with Gasteiger partial charge in [0.1, 0.15) is 5.75 Å². The zero-order valence-electron chi connectivity index (χ0n) is 16.4. The molecule has 0 radical (unpaired) electrons. The van der Waals surface area contributed by atoms with Gasteiger partial charge in [0.25, 0.3) is 0 Å². The molecule has 0 atom stereocenters. The molecule has 150 valence electrons. The van der Waals surface area contributed by atoms with Crippen LogP contribution in [-0.4, -0.2) is 17.7 Å². The first-order valence-electron chi connectivity index (χ1n) is 9.76. The van der Waals surface area contributed by atoms with Crippen LogP contribution in [-0.2, 0) is 21.0 Å². The molecule has 2 aromatic carbocycles.